The van der Waals surface area contributed by atoms with Gasteiger partial charge < -0.3 is 10.0 Å². The zero-order valence-corrected chi connectivity index (χ0v) is 10.1. The van der Waals surface area contributed by atoms with Crippen molar-refractivity contribution >= 4 is 27.3 Å². The fourth-order valence-corrected chi connectivity index (χ4v) is 3.22. The van der Waals surface area contributed by atoms with Crippen LogP contribution in [0, 0.1) is 0 Å². The highest BCUT2D eigenvalue weighted by molar-refractivity contribution is 7.17. The standard InChI is InChI=1S/C13H13NO2S/c15-10-5-13(16)14(7-10)6-9-8-17-12-4-2-1-3-11(9)12/h1-4,8,10,15H,5-7H2. The van der Waals surface area contributed by atoms with E-state index in [1.54, 1.807) is 16.2 Å². The molecule has 3 rings (SSSR count). The van der Waals surface area contributed by atoms with Gasteiger partial charge in [-0.25, -0.2) is 0 Å². The topological polar surface area (TPSA) is 40.5 Å². The summed E-state index contributed by atoms with van der Waals surface area (Å²) in [5.74, 6) is 0.0489. The molecule has 1 fully saturated rings. The maximum atomic E-state index is 11.6. The highest BCUT2D eigenvalue weighted by Gasteiger charge is 2.28. The summed E-state index contributed by atoms with van der Waals surface area (Å²) < 4.78 is 1.25. The van der Waals surface area contributed by atoms with E-state index >= 15 is 0 Å². The summed E-state index contributed by atoms with van der Waals surface area (Å²) >= 11 is 1.70. The summed E-state index contributed by atoms with van der Waals surface area (Å²) in [4.78, 5) is 13.4. The normalized spacial score (nSPS) is 20.4. The maximum absolute atomic E-state index is 11.6. The molecule has 1 N–H and O–H groups in total. The van der Waals surface area contributed by atoms with Gasteiger partial charge in [-0.3, -0.25) is 4.79 Å². The Hall–Kier alpha value is -1.39. The molecule has 1 aliphatic heterocycles. The number of amides is 1. The van der Waals surface area contributed by atoms with Crippen LogP contribution in [0.4, 0.5) is 0 Å². The van der Waals surface area contributed by atoms with E-state index in [1.807, 2.05) is 12.1 Å². The average molecular weight is 247 g/mol. The molecule has 1 aromatic carbocycles. The minimum absolute atomic E-state index is 0.0489. The molecule has 3 nitrogen and oxygen atoms in total. The summed E-state index contributed by atoms with van der Waals surface area (Å²) in [6.45, 7) is 1.07. The van der Waals surface area contributed by atoms with Crippen LogP contribution in [0.2, 0.25) is 0 Å². The molecule has 1 aromatic heterocycles. The van der Waals surface area contributed by atoms with Crippen LogP contribution in [0.25, 0.3) is 10.1 Å². The van der Waals surface area contributed by atoms with Crippen molar-refractivity contribution < 1.29 is 9.90 Å². The largest absolute Gasteiger partial charge is 0.391 e. The van der Waals surface area contributed by atoms with Gasteiger partial charge in [0.25, 0.3) is 0 Å². The molecule has 1 amide bonds. The first-order valence-corrected chi connectivity index (χ1v) is 6.53. The molecule has 0 bridgehead atoms. The number of hydrogen-bond acceptors (Lipinski definition) is 3. The molecule has 1 unspecified atom stereocenters. The first kappa shape index (κ1) is 10.7. The van der Waals surface area contributed by atoms with E-state index in [0.29, 0.717) is 13.1 Å². The Labute approximate surface area is 103 Å². The van der Waals surface area contributed by atoms with Crippen LogP contribution in [0.1, 0.15) is 12.0 Å². The predicted molar refractivity (Wildman–Crippen MR) is 67.9 cm³/mol. The van der Waals surface area contributed by atoms with E-state index < -0.39 is 6.10 Å². The Morgan fingerprint density at radius 1 is 1.41 bits per heavy atom. The molecular formula is C13H13NO2S. The molecular weight excluding hydrogens is 234 g/mol. The number of β-amino-alcohol motifs (C(OH)–C–C–N with tert-alkyl or cyclic N) is 1. The minimum atomic E-state index is -0.493. The molecule has 88 valence electrons. The Kier molecular flexibility index (Phi) is 2.61. The number of nitrogens with zero attached hydrogens (tertiary/aromatic N) is 1. The Balaban J connectivity index is 1.88. The van der Waals surface area contributed by atoms with Gasteiger partial charge in [0.1, 0.15) is 0 Å². The van der Waals surface area contributed by atoms with Crippen molar-refractivity contribution in [2.45, 2.75) is 19.1 Å². The number of hydrogen-bond donors (Lipinski definition) is 1. The molecule has 0 aliphatic carbocycles. The smallest absolute Gasteiger partial charge is 0.225 e. The van der Waals surface area contributed by atoms with E-state index in [0.717, 1.165) is 0 Å². The molecule has 0 spiro atoms. The second kappa shape index (κ2) is 4.13. The molecule has 2 aromatic rings. The van der Waals surface area contributed by atoms with Crippen molar-refractivity contribution in [2.75, 3.05) is 6.54 Å². The number of benzene rings is 1. The number of thiophene rings is 1. The Morgan fingerprint density at radius 2 is 2.24 bits per heavy atom. The van der Waals surface area contributed by atoms with Crippen LogP contribution in [0.3, 0.4) is 0 Å². The third-order valence-corrected chi connectivity index (χ3v) is 4.13. The fraction of sp³-hybridized carbons (Fsp3) is 0.308. The van der Waals surface area contributed by atoms with Gasteiger partial charge in [0.2, 0.25) is 5.91 Å². The second-order valence-electron chi connectivity index (χ2n) is 4.39. The summed E-state index contributed by atoms with van der Waals surface area (Å²) in [7, 11) is 0. The fourth-order valence-electron chi connectivity index (χ4n) is 2.27. The second-order valence-corrected chi connectivity index (χ2v) is 5.30. The molecule has 2 heterocycles. The molecule has 4 heteroatoms. The molecule has 1 saturated heterocycles. The molecule has 17 heavy (non-hydrogen) atoms. The number of aliphatic hydroxyl groups excluding tert-OH is 1. The van der Waals surface area contributed by atoms with Crippen LogP contribution in [-0.4, -0.2) is 28.6 Å². The van der Waals surface area contributed by atoms with Crippen molar-refractivity contribution in [3.63, 3.8) is 0 Å². The van der Waals surface area contributed by atoms with Crippen molar-refractivity contribution in [1.82, 2.24) is 4.90 Å². The SMILES string of the molecule is O=C1CC(O)CN1Cc1csc2ccccc12. The van der Waals surface area contributed by atoms with Crippen LogP contribution >= 0.6 is 11.3 Å². The molecule has 0 radical (unpaired) electrons. The monoisotopic (exact) mass is 247 g/mol. The number of rotatable bonds is 2. The number of aliphatic hydroxyl groups is 1. The van der Waals surface area contributed by atoms with Crippen molar-refractivity contribution in [3.8, 4) is 0 Å². The zero-order chi connectivity index (χ0) is 11.8. The Morgan fingerprint density at radius 3 is 3.00 bits per heavy atom. The lowest BCUT2D eigenvalue weighted by Crippen LogP contribution is -2.25. The molecule has 1 aliphatic rings. The van der Waals surface area contributed by atoms with Crippen molar-refractivity contribution in [1.29, 1.82) is 0 Å². The number of carbonyl (C=O) groups is 1. The maximum Gasteiger partial charge on any atom is 0.225 e. The number of carbonyl (C=O) groups excluding carboxylic acids is 1. The van der Waals surface area contributed by atoms with Crippen LogP contribution < -0.4 is 0 Å². The van der Waals surface area contributed by atoms with Gasteiger partial charge in [0.05, 0.1) is 12.5 Å². The zero-order valence-electron chi connectivity index (χ0n) is 9.30. The van der Waals surface area contributed by atoms with Crippen LogP contribution in [0.15, 0.2) is 29.6 Å². The number of fused-ring (bicyclic) bond motifs is 1. The van der Waals surface area contributed by atoms with Gasteiger partial charge in [-0.1, -0.05) is 18.2 Å². The molecule has 0 saturated carbocycles. The highest BCUT2D eigenvalue weighted by atomic mass is 32.1. The van der Waals surface area contributed by atoms with Gasteiger partial charge in [0.15, 0.2) is 0 Å². The van der Waals surface area contributed by atoms with Gasteiger partial charge in [0, 0.05) is 17.8 Å². The molecule has 1 atom stereocenters. The quantitative estimate of drug-likeness (QED) is 0.881. The van der Waals surface area contributed by atoms with E-state index in [2.05, 4.69) is 17.5 Å². The van der Waals surface area contributed by atoms with Crippen molar-refractivity contribution in [3.05, 3.63) is 35.2 Å². The lowest BCUT2D eigenvalue weighted by atomic mass is 10.2. The van der Waals surface area contributed by atoms with E-state index in [9.17, 15) is 9.90 Å². The third kappa shape index (κ3) is 1.94. The highest BCUT2D eigenvalue weighted by Crippen LogP contribution is 2.27. The first-order chi connectivity index (χ1) is 8.24. The third-order valence-electron chi connectivity index (χ3n) is 3.12. The lowest BCUT2D eigenvalue weighted by Gasteiger charge is -2.14. The van der Waals surface area contributed by atoms with Crippen molar-refractivity contribution in [2.24, 2.45) is 0 Å². The predicted octanol–water partition coefficient (Wildman–Crippen LogP) is 1.99. The summed E-state index contributed by atoms with van der Waals surface area (Å²) in [6, 6.07) is 8.20. The van der Waals surface area contributed by atoms with Gasteiger partial charge >= 0.3 is 0 Å². The van der Waals surface area contributed by atoms with Crippen LogP contribution in [-0.2, 0) is 11.3 Å². The number of likely N-dealkylation sites (tertiary alicyclic amines) is 1. The summed E-state index contributed by atoms with van der Waals surface area (Å²) in [6.07, 6.45) is -0.227. The van der Waals surface area contributed by atoms with E-state index in [-0.39, 0.29) is 12.3 Å². The average Bonchev–Trinajstić information content (AvgIpc) is 2.85. The van der Waals surface area contributed by atoms with Gasteiger partial charge in [-0.15, -0.1) is 11.3 Å². The Bertz CT molecular complexity index is 563. The van der Waals surface area contributed by atoms with Gasteiger partial charge in [-0.05, 0) is 22.4 Å². The first-order valence-electron chi connectivity index (χ1n) is 5.65. The van der Waals surface area contributed by atoms with E-state index in [1.165, 1.54) is 15.6 Å². The van der Waals surface area contributed by atoms with Crippen LogP contribution in [0.5, 0.6) is 0 Å². The minimum Gasteiger partial charge on any atom is -0.391 e. The summed E-state index contributed by atoms with van der Waals surface area (Å²) in [5.41, 5.74) is 1.17. The van der Waals surface area contributed by atoms with E-state index in [4.69, 9.17) is 0 Å². The van der Waals surface area contributed by atoms with Gasteiger partial charge in [-0.2, -0.15) is 0 Å². The summed E-state index contributed by atoms with van der Waals surface area (Å²) in [5, 5.41) is 12.8. The lowest BCUT2D eigenvalue weighted by molar-refractivity contribution is -0.128.